The molecule has 0 spiro atoms. The fourth-order valence-electron chi connectivity index (χ4n) is 5.38. The van der Waals surface area contributed by atoms with E-state index in [0.717, 1.165) is 30.5 Å². The highest BCUT2D eigenvalue weighted by Gasteiger charge is 2.57. The lowest BCUT2D eigenvalue weighted by Gasteiger charge is -2.58. The lowest BCUT2D eigenvalue weighted by atomic mass is 9.49. The topological polar surface area (TPSA) is 48.7 Å². The Hall–Kier alpha value is -1.40. The second kappa shape index (κ2) is 5.10. The van der Waals surface area contributed by atoms with Crippen molar-refractivity contribution in [1.82, 2.24) is 10.3 Å². The molecule has 3 nitrogen and oxygen atoms in total. The summed E-state index contributed by atoms with van der Waals surface area (Å²) >= 11 is 0. The van der Waals surface area contributed by atoms with Gasteiger partial charge >= 0.3 is 0 Å². The summed E-state index contributed by atoms with van der Waals surface area (Å²) < 4.78 is 0. The van der Waals surface area contributed by atoms with Gasteiger partial charge in [0.25, 0.3) is 0 Å². The van der Waals surface area contributed by atoms with Crippen LogP contribution in [0.15, 0.2) is 24.4 Å². The largest absolute Gasteiger partial charge is 0.299 e. The molecule has 5 rings (SSSR count). The third-order valence-electron chi connectivity index (χ3n) is 6.14. The minimum Gasteiger partial charge on any atom is -0.299 e. The maximum Gasteiger partial charge on any atom is 0.112 e. The standard InChI is InChI=1S/C18H23N3/c19-12-18(21-6-4-17-3-1-2-5-20-17)15-8-13-7-14(10-15)11-16(18)9-13/h1-3,5,13-16,21H,4,6-11H2. The fourth-order valence-corrected chi connectivity index (χ4v) is 5.38. The van der Waals surface area contributed by atoms with Crippen molar-refractivity contribution in [3.05, 3.63) is 30.1 Å². The number of nitriles is 1. The van der Waals surface area contributed by atoms with Crippen molar-refractivity contribution in [2.45, 2.75) is 44.1 Å². The first-order chi connectivity index (χ1) is 10.3. The van der Waals surface area contributed by atoms with E-state index in [2.05, 4.69) is 22.4 Å². The number of aromatic nitrogens is 1. The molecule has 4 bridgehead atoms. The third-order valence-corrected chi connectivity index (χ3v) is 6.14. The molecule has 0 radical (unpaired) electrons. The van der Waals surface area contributed by atoms with E-state index in [0.29, 0.717) is 11.8 Å². The monoisotopic (exact) mass is 281 g/mol. The van der Waals surface area contributed by atoms with Gasteiger partial charge in [-0.3, -0.25) is 10.3 Å². The maximum atomic E-state index is 9.92. The van der Waals surface area contributed by atoms with E-state index in [4.69, 9.17) is 0 Å². The summed E-state index contributed by atoms with van der Waals surface area (Å²) in [7, 11) is 0. The highest BCUT2D eigenvalue weighted by molar-refractivity contribution is 5.21. The zero-order chi connectivity index (χ0) is 14.3. The number of hydrogen-bond acceptors (Lipinski definition) is 3. The van der Waals surface area contributed by atoms with E-state index in [9.17, 15) is 5.26 Å². The van der Waals surface area contributed by atoms with Gasteiger partial charge in [0, 0.05) is 24.9 Å². The van der Waals surface area contributed by atoms with Gasteiger partial charge in [-0.15, -0.1) is 0 Å². The van der Waals surface area contributed by atoms with Gasteiger partial charge in [0.2, 0.25) is 0 Å². The molecule has 0 unspecified atom stereocenters. The number of nitrogens with one attached hydrogen (secondary N) is 1. The van der Waals surface area contributed by atoms with Crippen LogP contribution < -0.4 is 5.32 Å². The molecule has 0 saturated heterocycles. The number of pyridine rings is 1. The first-order valence-corrected chi connectivity index (χ1v) is 8.36. The lowest BCUT2D eigenvalue weighted by molar-refractivity contribution is -0.0462. The summed E-state index contributed by atoms with van der Waals surface area (Å²) in [5, 5.41) is 13.6. The van der Waals surface area contributed by atoms with E-state index < -0.39 is 0 Å². The number of rotatable bonds is 4. The summed E-state index contributed by atoms with van der Waals surface area (Å²) in [5.41, 5.74) is 0.865. The zero-order valence-electron chi connectivity index (χ0n) is 12.5. The SMILES string of the molecule is N#CC1(NCCc2ccccn2)C2CC3CC(C2)CC1C3. The summed E-state index contributed by atoms with van der Waals surface area (Å²) in [5.74, 6) is 2.99. The molecule has 0 atom stereocenters. The molecule has 4 saturated carbocycles. The van der Waals surface area contributed by atoms with Crippen molar-refractivity contribution in [3.8, 4) is 6.07 Å². The van der Waals surface area contributed by atoms with Crippen molar-refractivity contribution < 1.29 is 0 Å². The fraction of sp³-hybridized carbons (Fsp3) is 0.667. The Morgan fingerprint density at radius 3 is 2.43 bits per heavy atom. The normalized spacial score (nSPS) is 40.1. The van der Waals surface area contributed by atoms with Crippen LogP contribution in [-0.4, -0.2) is 17.1 Å². The summed E-state index contributed by atoms with van der Waals surface area (Å²) in [6.07, 6.45) is 9.29. The third kappa shape index (κ3) is 2.17. The van der Waals surface area contributed by atoms with Gasteiger partial charge in [-0.05, 0) is 67.9 Å². The highest BCUT2D eigenvalue weighted by atomic mass is 15.0. The van der Waals surface area contributed by atoms with Crippen LogP contribution >= 0.6 is 0 Å². The highest BCUT2D eigenvalue weighted by Crippen LogP contribution is 2.58. The van der Waals surface area contributed by atoms with E-state index in [1.165, 1.54) is 32.1 Å². The van der Waals surface area contributed by atoms with E-state index in [1.54, 1.807) is 0 Å². The van der Waals surface area contributed by atoms with Crippen LogP contribution in [0.4, 0.5) is 0 Å². The second-order valence-electron chi connectivity index (χ2n) is 7.28. The molecule has 0 amide bonds. The zero-order valence-corrected chi connectivity index (χ0v) is 12.5. The summed E-state index contributed by atoms with van der Waals surface area (Å²) in [6.45, 7) is 0.868. The molecule has 1 aromatic heterocycles. The van der Waals surface area contributed by atoms with Gasteiger partial charge in [0.05, 0.1) is 6.07 Å². The Morgan fingerprint density at radius 2 is 1.86 bits per heavy atom. The van der Waals surface area contributed by atoms with Crippen molar-refractivity contribution >= 4 is 0 Å². The molecule has 21 heavy (non-hydrogen) atoms. The van der Waals surface area contributed by atoms with Crippen LogP contribution in [0, 0.1) is 35.0 Å². The number of nitrogens with zero attached hydrogens (tertiary/aromatic N) is 2. The molecule has 4 aliphatic rings. The van der Waals surface area contributed by atoms with Crippen molar-refractivity contribution in [1.29, 1.82) is 5.26 Å². The predicted molar refractivity (Wildman–Crippen MR) is 81.3 cm³/mol. The van der Waals surface area contributed by atoms with Gasteiger partial charge < -0.3 is 0 Å². The lowest BCUT2D eigenvalue weighted by Crippen LogP contribution is -2.64. The van der Waals surface area contributed by atoms with Crippen LogP contribution in [0.3, 0.4) is 0 Å². The molecular formula is C18H23N3. The average molecular weight is 281 g/mol. The molecular weight excluding hydrogens is 258 g/mol. The Morgan fingerprint density at radius 1 is 1.14 bits per heavy atom. The van der Waals surface area contributed by atoms with Crippen molar-refractivity contribution in [2.75, 3.05) is 6.54 Å². The van der Waals surface area contributed by atoms with Gasteiger partial charge in [0.15, 0.2) is 0 Å². The van der Waals surface area contributed by atoms with E-state index in [-0.39, 0.29) is 5.54 Å². The van der Waals surface area contributed by atoms with Crippen LogP contribution in [0.1, 0.15) is 37.8 Å². The van der Waals surface area contributed by atoms with Crippen LogP contribution in [0.2, 0.25) is 0 Å². The molecule has 3 heteroatoms. The Kier molecular flexibility index (Phi) is 3.23. The first-order valence-electron chi connectivity index (χ1n) is 8.36. The van der Waals surface area contributed by atoms with Crippen molar-refractivity contribution in [2.24, 2.45) is 23.7 Å². The Bertz CT molecular complexity index is 517. The molecule has 0 aliphatic heterocycles. The second-order valence-corrected chi connectivity index (χ2v) is 7.28. The minimum atomic E-state index is -0.248. The van der Waals surface area contributed by atoms with Gasteiger partial charge in [-0.1, -0.05) is 6.07 Å². The quantitative estimate of drug-likeness (QED) is 0.923. The molecule has 4 fully saturated rings. The molecule has 0 aromatic carbocycles. The average Bonchev–Trinajstić information content (AvgIpc) is 2.51. The van der Waals surface area contributed by atoms with E-state index >= 15 is 0 Å². The first kappa shape index (κ1) is 13.3. The van der Waals surface area contributed by atoms with E-state index in [1.807, 2.05) is 18.3 Å². The molecule has 1 aromatic rings. The maximum absolute atomic E-state index is 9.92. The van der Waals surface area contributed by atoms with Crippen LogP contribution in [-0.2, 0) is 6.42 Å². The Labute approximate surface area is 126 Å². The van der Waals surface area contributed by atoms with Gasteiger partial charge in [-0.2, -0.15) is 5.26 Å². The molecule has 4 aliphatic carbocycles. The summed E-state index contributed by atoms with van der Waals surface area (Å²) in [6, 6.07) is 8.77. The van der Waals surface area contributed by atoms with Crippen molar-refractivity contribution in [3.63, 3.8) is 0 Å². The predicted octanol–water partition coefficient (Wildman–Crippen LogP) is 2.93. The smallest absolute Gasteiger partial charge is 0.112 e. The van der Waals surface area contributed by atoms with Gasteiger partial charge in [-0.25, -0.2) is 0 Å². The summed E-state index contributed by atoms with van der Waals surface area (Å²) in [4.78, 5) is 4.38. The molecule has 110 valence electrons. The van der Waals surface area contributed by atoms with Gasteiger partial charge in [0.1, 0.15) is 5.54 Å². The minimum absolute atomic E-state index is 0.248. The molecule has 1 N–H and O–H groups in total. The molecule has 1 heterocycles. The number of hydrogen-bond donors (Lipinski definition) is 1. The Balaban J connectivity index is 1.46. The van der Waals surface area contributed by atoms with Crippen LogP contribution in [0.5, 0.6) is 0 Å². The van der Waals surface area contributed by atoms with Crippen LogP contribution in [0.25, 0.3) is 0 Å².